The molecule has 0 spiro atoms. The molecule has 0 saturated carbocycles. The number of aromatic hydroxyl groups is 1. The fraction of sp³-hybridized carbons (Fsp3) is 0.400. The van der Waals surface area contributed by atoms with E-state index in [9.17, 15) is 13.5 Å². The van der Waals surface area contributed by atoms with Gasteiger partial charge in [0.1, 0.15) is 15.7 Å². The van der Waals surface area contributed by atoms with Crippen molar-refractivity contribution in [3.05, 3.63) is 22.2 Å². The summed E-state index contributed by atoms with van der Waals surface area (Å²) in [6.45, 7) is 0.994. The first-order valence-corrected chi connectivity index (χ1v) is 7.31. The molecule has 0 amide bonds. The fourth-order valence-corrected chi connectivity index (χ4v) is 4.05. The molecule has 1 heterocycles. The summed E-state index contributed by atoms with van der Waals surface area (Å²) in [5, 5.41) is 9.07. The Labute approximate surface area is 110 Å². The van der Waals surface area contributed by atoms with Crippen molar-refractivity contribution in [3.63, 3.8) is 0 Å². The van der Waals surface area contributed by atoms with Crippen LogP contribution in [0.2, 0.25) is 10.0 Å². The molecule has 0 bridgehead atoms. The summed E-state index contributed by atoms with van der Waals surface area (Å²) in [7, 11) is -3.60. The van der Waals surface area contributed by atoms with Crippen molar-refractivity contribution in [3.8, 4) is 5.75 Å². The van der Waals surface area contributed by atoms with Gasteiger partial charge in [-0.15, -0.1) is 0 Å². The van der Waals surface area contributed by atoms with E-state index in [1.807, 2.05) is 0 Å². The van der Waals surface area contributed by atoms with Crippen LogP contribution in [0.3, 0.4) is 0 Å². The zero-order chi connectivity index (χ0) is 12.6. The van der Waals surface area contributed by atoms with Crippen LogP contribution in [0.5, 0.6) is 5.75 Å². The normalized spacial score (nSPS) is 17.5. The Kier molecular flexibility index (Phi) is 3.54. The fourth-order valence-electron chi connectivity index (χ4n) is 1.79. The molecule has 0 radical (unpaired) electrons. The first kappa shape index (κ1) is 13.0. The highest BCUT2D eigenvalue weighted by Gasteiger charge is 2.30. The summed E-state index contributed by atoms with van der Waals surface area (Å²) >= 11 is 11.6. The van der Waals surface area contributed by atoms with Crippen molar-refractivity contribution < 1.29 is 13.5 Å². The van der Waals surface area contributed by atoms with E-state index in [-0.39, 0.29) is 20.7 Å². The van der Waals surface area contributed by atoms with Crippen molar-refractivity contribution in [1.82, 2.24) is 4.31 Å². The number of benzene rings is 1. The summed E-state index contributed by atoms with van der Waals surface area (Å²) in [4.78, 5) is -0.0520. The molecule has 1 aliphatic rings. The van der Waals surface area contributed by atoms with Gasteiger partial charge in [-0.3, -0.25) is 0 Å². The van der Waals surface area contributed by atoms with Crippen LogP contribution in [-0.4, -0.2) is 30.9 Å². The van der Waals surface area contributed by atoms with Crippen molar-refractivity contribution in [2.45, 2.75) is 17.7 Å². The van der Waals surface area contributed by atoms with Gasteiger partial charge in [0.25, 0.3) is 0 Å². The molecular formula is C10H11Cl2NO3S. The Balaban J connectivity index is 2.50. The molecule has 2 rings (SSSR count). The van der Waals surface area contributed by atoms with Crippen molar-refractivity contribution in [1.29, 1.82) is 0 Å². The average Bonchev–Trinajstić information content (AvgIpc) is 2.79. The molecule has 0 atom stereocenters. The van der Waals surface area contributed by atoms with Crippen LogP contribution < -0.4 is 0 Å². The Hall–Kier alpha value is -0.490. The summed E-state index contributed by atoms with van der Waals surface area (Å²) in [5.41, 5.74) is 0. The van der Waals surface area contributed by atoms with Crippen LogP contribution in [0.4, 0.5) is 0 Å². The van der Waals surface area contributed by atoms with E-state index in [0.717, 1.165) is 12.8 Å². The molecule has 1 aliphatic heterocycles. The van der Waals surface area contributed by atoms with E-state index in [4.69, 9.17) is 23.2 Å². The third-order valence-corrected chi connectivity index (χ3v) is 5.63. The second-order valence-corrected chi connectivity index (χ2v) is 6.48. The highest BCUT2D eigenvalue weighted by molar-refractivity contribution is 7.89. The summed E-state index contributed by atoms with van der Waals surface area (Å²) in [6, 6.07) is 2.51. The van der Waals surface area contributed by atoms with Crippen LogP contribution in [0.15, 0.2) is 17.0 Å². The van der Waals surface area contributed by atoms with Crippen LogP contribution in [0, 0.1) is 0 Å². The predicted octanol–water partition coefficient (Wildman–Crippen LogP) is 2.48. The second-order valence-electron chi connectivity index (χ2n) is 3.82. The van der Waals surface area contributed by atoms with E-state index >= 15 is 0 Å². The van der Waals surface area contributed by atoms with Crippen molar-refractivity contribution in [2.24, 2.45) is 0 Å². The van der Waals surface area contributed by atoms with E-state index in [0.29, 0.717) is 13.1 Å². The number of rotatable bonds is 2. The Morgan fingerprint density at radius 1 is 1.12 bits per heavy atom. The second kappa shape index (κ2) is 4.65. The number of hydrogen-bond acceptors (Lipinski definition) is 3. The predicted molar refractivity (Wildman–Crippen MR) is 66.1 cm³/mol. The maximum atomic E-state index is 12.2. The summed E-state index contributed by atoms with van der Waals surface area (Å²) < 4.78 is 25.8. The zero-order valence-corrected chi connectivity index (χ0v) is 11.2. The smallest absolute Gasteiger partial charge is 0.244 e. The minimum atomic E-state index is -3.60. The van der Waals surface area contributed by atoms with Gasteiger partial charge in [-0.05, 0) is 25.0 Å². The molecule has 1 aromatic carbocycles. The topological polar surface area (TPSA) is 57.6 Å². The molecular weight excluding hydrogens is 285 g/mol. The molecule has 17 heavy (non-hydrogen) atoms. The van der Waals surface area contributed by atoms with Crippen molar-refractivity contribution in [2.75, 3.05) is 13.1 Å². The lowest BCUT2D eigenvalue weighted by Crippen LogP contribution is -2.28. The SMILES string of the molecule is O=S(=O)(c1ccc(O)c(Cl)c1Cl)N1CCCC1. The van der Waals surface area contributed by atoms with Gasteiger partial charge in [0, 0.05) is 13.1 Å². The lowest BCUT2D eigenvalue weighted by Gasteiger charge is -2.17. The molecule has 7 heteroatoms. The van der Waals surface area contributed by atoms with Crippen LogP contribution in [-0.2, 0) is 10.0 Å². The molecule has 0 unspecified atom stereocenters. The molecule has 4 nitrogen and oxygen atoms in total. The van der Waals surface area contributed by atoms with Crippen LogP contribution >= 0.6 is 23.2 Å². The van der Waals surface area contributed by atoms with Crippen LogP contribution in [0.25, 0.3) is 0 Å². The molecule has 1 fully saturated rings. The zero-order valence-electron chi connectivity index (χ0n) is 8.86. The van der Waals surface area contributed by atoms with Gasteiger partial charge in [-0.25, -0.2) is 8.42 Å². The monoisotopic (exact) mass is 295 g/mol. The van der Waals surface area contributed by atoms with Gasteiger partial charge in [0.05, 0.1) is 5.02 Å². The Bertz CT molecular complexity index is 539. The average molecular weight is 296 g/mol. The number of hydrogen-bond donors (Lipinski definition) is 1. The highest BCUT2D eigenvalue weighted by Crippen LogP contribution is 2.37. The Morgan fingerprint density at radius 2 is 1.71 bits per heavy atom. The number of phenolic OH excluding ortho intramolecular Hbond substituents is 1. The lowest BCUT2D eigenvalue weighted by atomic mass is 10.3. The van der Waals surface area contributed by atoms with Gasteiger partial charge in [-0.1, -0.05) is 23.2 Å². The molecule has 1 aromatic rings. The van der Waals surface area contributed by atoms with E-state index < -0.39 is 10.0 Å². The van der Waals surface area contributed by atoms with E-state index in [2.05, 4.69) is 0 Å². The molecule has 1 saturated heterocycles. The molecule has 94 valence electrons. The molecule has 1 N–H and O–H groups in total. The van der Waals surface area contributed by atoms with Gasteiger partial charge >= 0.3 is 0 Å². The van der Waals surface area contributed by atoms with E-state index in [1.165, 1.54) is 16.4 Å². The highest BCUT2D eigenvalue weighted by atomic mass is 35.5. The number of halogens is 2. The minimum Gasteiger partial charge on any atom is -0.506 e. The quantitative estimate of drug-likeness (QED) is 0.912. The molecule has 0 aliphatic carbocycles. The van der Waals surface area contributed by atoms with Gasteiger partial charge in [-0.2, -0.15) is 4.31 Å². The summed E-state index contributed by atoms with van der Waals surface area (Å²) in [5.74, 6) is -0.225. The summed E-state index contributed by atoms with van der Waals surface area (Å²) in [6.07, 6.45) is 1.70. The largest absolute Gasteiger partial charge is 0.506 e. The third kappa shape index (κ3) is 2.25. The first-order chi connectivity index (χ1) is 7.94. The van der Waals surface area contributed by atoms with Gasteiger partial charge in [0.15, 0.2) is 0 Å². The number of phenols is 1. The van der Waals surface area contributed by atoms with Gasteiger partial charge in [0.2, 0.25) is 10.0 Å². The standard InChI is InChI=1S/C10H11Cl2NO3S/c11-9-7(14)3-4-8(10(9)12)17(15,16)13-5-1-2-6-13/h3-4,14H,1-2,5-6H2. The number of sulfonamides is 1. The van der Waals surface area contributed by atoms with Gasteiger partial charge < -0.3 is 5.11 Å². The minimum absolute atomic E-state index is 0.0520. The molecule has 0 aromatic heterocycles. The maximum Gasteiger partial charge on any atom is 0.244 e. The Morgan fingerprint density at radius 3 is 2.29 bits per heavy atom. The van der Waals surface area contributed by atoms with Crippen molar-refractivity contribution >= 4 is 33.2 Å². The lowest BCUT2D eigenvalue weighted by molar-refractivity contribution is 0.471. The maximum absolute atomic E-state index is 12.2. The third-order valence-electron chi connectivity index (χ3n) is 2.71. The number of nitrogens with zero attached hydrogens (tertiary/aromatic N) is 1. The van der Waals surface area contributed by atoms with E-state index in [1.54, 1.807) is 0 Å². The van der Waals surface area contributed by atoms with Crippen LogP contribution in [0.1, 0.15) is 12.8 Å². The first-order valence-electron chi connectivity index (χ1n) is 5.11.